The van der Waals surface area contributed by atoms with Crippen LogP contribution in [0.15, 0.2) is 84.9 Å². The molecule has 0 aliphatic carbocycles. The topological polar surface area (TPSA) is 229 Å². The number of carbonyl (C=O) groups excluding carboxylic acids is 5. The van der Waals surface area contributed by atoms with Crippen LogP contribution in [-0.2, 0) is 29.8 Å². The third-order valence-electron chi connectivity index (χ3n) is 9.98. The maximum absolute atomic E-state index is 14.4. The molecule has 5 amide bonds. The maximum Gasteiger partial charge on any atom is 0.404 e. The lowest BCUT2D eigenvalue weighted by Gasteiger charge is -2.38. The number of likely N-dealkylation sites (N-methyl/N-ethyl adjacent to an activating group) is 1. The fourth-order valence-electron chi connectivity index (χ4n) is 7.23. The number of fused-ring (bicyclic) bond motifs is 2. The van der Waals surface area contributed by atoms with Crippen LogP contribution in [0.5, 0.6) is 0 Å². The van der Waals surface area contributed by atoms with Gasteiger partial charge in [-0.15, -0.1) is 0 Å². The molecule has 4 aromatic rings. The molecule has 0 radical (unpaired) electrons. The van der Waals surface area contributed by atoms with E-state index in [0.717, 1.165) is 23.3 Å². The molecule has 2 aliphatic heterocycles. The van der Waals surface area contributed by atoms with Crippen molar-refractivity contribution in [3.63, 3.8) is 0 Å². The molecule has 6 rings (SSSR count). The molecular formula is C38H42F2N7O9P. The predicted molar refractivity (Wildman–Crippen MR) is 202 cm³/mol. The first-order valence-corrected chi connectivity index (χ1v) is 19.2. The lowest BCUT2D eigenvalue weighted by Crippen LogP contribution is -2.61. The van der Waals surface area contributed by atoms with Gasteiger partial charge >= 0.3 is 20.8 Å². The van der Waals surface area contributed by atoms with E-state index < -0.39 is 80.8 Å². The first-order chi connectivity index (χ1) is 27.2. The first-order valence-electron chi connectivity index (χ1n) is 18.0. The third-order valence-corrected chi connectivity index (χ3v) is 10.4. The normalized spacial score (nSPS) is 19.5. The number of nitrogens with zero attached hydrogens (tertiary/aromatic N) is 2. The molecule has 16 nitrogen and oxygen atoms in total. The van der Waals surface area contributed by atoms with E-state index in [1.807, 2.05) is 65.6 Å². The summed E-state index contributed by atoms with van der Waals surface area (Å²) in [6, 6.07) is 18.3. The second kappa shape index (κ2) is 17.7. The van der Waals surface area contributed by atoms with E-state index in [4.69, 9.17) is 20.3 Å². The van der Waals surface area contributed by atoms with E-state index in [1.54, 1.807) is 7.05 Å². The van der Waals surface area contributed by atoms with Gasteiger partial charge in [0, 0.05) is 23.5 Å². The van der Waals surface area contributed by atoms with Crippen LogP contribution in [0, 0.1) is 0 Å². The number of aromatic amines is 1. The number of ether oxygens (including phenoxy) is 1. The Morgan fingerprint density at radius 3 is 2.26 bits per heavy atom. The second-order valence-corrected chi connectivity index (χ2v) is 14.6. The minimum atomic E-state index is -4.01. The van der Waals surface area contributed by atoms with E-state index in [0.29, 0.717) is 24.9 Å². The Morgan fingerprint density at radius 2 is 1.63 bits per heavy atom. The van der Waals surface area contributed by atoms with Gasteiger partial charge in [-0.25, -0.2) is 9.32 Å². The Balaban J connectivity index is 1.19. The maximum atomic E-state index is 14.4. The fraction of sp³-hybridized carbons (Fsp3) is 0.342. The van der Waals surface area contributed by atoms with Gasteiger partial charge in [-0.2, -0.15) is 8.78 Å². The molecule has 2 saturated heterocycles. The van der Waals surface area contributed by atoms with Crippen LogP contribution >= 0.6 is 8.60 Å². The summed E-state index contributed by atoms with van der Waals surface area (Å²) in [6.07, 6.45) is -3.92. The number of H-pyrrole nitrogens is 1. The van der Waals surface area contributed by atoms with Gasteiger partial charge in [-0.3, -0.25) is 19.2 Å². The number of nitrogens with two attached hydrogens (primary N) is 1. The van der Waals surface area contributed by atoms with Crippen molar-refractivity contribution in [3.05, 3.63) is 107 Å². The van der Waals surface area contributed by atoms with E-state index in [1.165, 1.54) is 17.0 Å². The molecule has 4 atom stereocenters. The van der Waals surface area contributed by atoms with Crippen molar-refractivity contribution in [1.82, 2.24) is 30.7 Å². The van der Waals surface area contributed by atoms with Crippen molar-refractivity contribution >= 4 is 49.2 Å². The largest absolute Gasteiger partial charge is 0.447 e. The lowest BCUT2D eigenvalue weighted by molar-refractivity contribution is -0.189. The van der Waals surface area contributed by atoms with Crippen LogP contribution in [0.3, 0.4) is 0 Å². The number of hydrogen-bond donors (Lipinski definition) is 7. The zero-order valence-corrected chi connectivity index (χ0v) is 31.5. The Kier molecular flexibility index (Phi) is 12.8. The zero-order valence-electron chi connectivity index (χ0n) is 30.6. The molecule has 0 saturated carbocycles. The predicted octanol–water partition coefficient (Wildman–Crippen LogP) is 2.72. The lowest BCUT2D eigenvalue weighted by atomic mass is 9.98. The monoisotopic (exact) mass is 809 g/mol. The summed E-state index contributed by atoms with van der Waals surface area (Å²) in [5, 5.41) is 8.53. The summed E-state index contributed by atoms with van der Waals surface area (Å²) in [6.45, 7) is 0.0269. The Bertz CT molecular complexity index is 2050. The number of aromatic nitrogens is 1. The number of primary amides is 1. The van der Waals surface area contributed by atoms with Gasteiger partial charge in [0.2, 0.25) is 17.7 Å². The van der Waals surface area contributed by atoms with Crippen LogP contribution in [0.2, 0.25) is 0 Å². The smallest absolute Gasteiger partial charge is 0.404 e. The van der Waals surface area contributed by atoms with Gasteiger partial charge < -0.3 is 51.0 Å². The van der Waals surface area contributed by atoms with Gasteiger partial charge in [0.05, 0.1) is 11.6 Å². The SMILES string of the molecule is CN1CC[C@H]2CC[C@@H](C(=O)N[C@@H](COC(N)=O)C(=O)NC(c3ccccc3)c3ccccc3)N2C(=O)[C@@H](NC(=O)c2cc3cc(C(F)(F)OP(O)O)ccc3[nH]2)C1. The number of alkyl halides is 2. The Morgan fingerprint density at radius 1 is 0.965 bits per heavy atom. The van der Waals surface area contributed by atoms with Crippen LogP contribution in [0.1, 0.15) is 52.5 Å². The van der Waals surface area contributed by atoms with Crippen LogP contribution in [0.4, 0.5) is 13.6 Å². The summed E-state index contributed by atoms with van der Waals surface area (Å²) in [7, 11) is -1.56. The average molecular weight is 810 g/mol. The molecule has 57 heavy (non-hydrogen) atoms. The molecule has 3 aromatic carbocycles. The molecule has 19 heteroatoms. The van der Waals surface area contributed by atoms with E-state index in [-0.39, 0.29) is 30.1 Å². The van der Waals surface area contributed by atoms with Gasteiger partial charge in [0.15, 0.2) is 0 Å². The molecular weight excluding hydrogens is 767 g/mol. The van der Waals surface area contributed by atoms with E-state index in [9.17, 15) is 32.8 Å². The van der Waals surface area contributed by atoms with Crippen LogP contribution in [0.25, 0.3) is 10.9 Å². The highest BCUT2D eigenvalue weighted by Gasteiger charge is 2.45. The first kappa shape index (κ1) is 41.1. The minimum Gasteiger partial charge on any atom is -0.447 e. The summed E-state index contributed by atoms with van der Waals surface area (Å²) in [4.78, 5) is 91.5. The number of benzene rings is 3. The molecule has 3 heterocycles. The number of nitrogens with one attached hydrogen (secondary N) is 4. The molecule has 1 aromatic heterocycles. The van der Waals surface area contributed by atoms with Gasteiger partial charge in [0.1, 0.15) is 30.4 Å². The van der Waals surface area contributed by atoms with Crippen LogP contribution in [-0.4, -0.2) is 105 Å². The molecule has 0 bridgehead atoms. The molecule has 302 valence electrons. The Labute approximate surface area is 326 Å². The summed E-state index contributed by atoms with van der Waals surface area (Å²) in [5.74, 6) is -2.60. The average Bonchev–Trinajstić information content (AvgIpc) is 3.81. The molecule has 0 unspecified atom stereocenters. The molecule has 2 fully saturated rings. The van der Waals surface area contributed by atoms with Crippen molar-refractivity contribution in [2.24, 2.45) is 5.73 Å². The molecule has 2 aliphatic rings. The number of amides is 5. The number of halogens is 2. The summed E-state index contributed by atoms with van der Waals surface area (Å²) >= 11 is 0. The van der Waals surface area contributed by atoms with Gasteiger partial charge in [0.25, 0.3) is 5.91 Å². The van der Waals surface area contributed by atoms with Crippen molar-refractivity contribution in [3.8, 4) is 0 Å². The van der Waals surface area contributed by atoms with Gasteiger partial charge in [-0.05, 0) is 68.2 Å². The van der Waals surface area contributed by atoms with Crippen molar-refractivity contribution in [1.29, 1.82) is 0 Å². The number of carbonyl (C=O) groups is 5. The van der Waals surface area contributed by atoms with E-state index >= 15 is 0 Å². The highest BCUT2D eigenvalue weighted by atomic mass is 31.2. The highest BCUT2D eigenvalue weighted by molar-refractivity contribution is 7.39. The van der Waals surface area contributed by atoms with Crippen molar-refractivity contribution in [2.75, 3.05) is 26.7 Å². The minimum absolute atomic E-state index is 0.0460. The standard InChI is InChI=1S/C38H42F2N7O9P/c1-46-17-16-26-13-15-31(35(50)44-30(21-55-37(41)52)34(49)45-32(22-8-4-2-5-9-22)23-10-6-3-7-11-23)47(26)36(51)29(20-46)43-33(48)28-19-24-18-25(12-14-27(24)42-28)38(39,40)56-57(53)54/h2-12,14,18-19,26,29-32,42,53-54H,13,15-17,20-21H2,1H3,(H2,41,52)(H,43,48)(H,44,50)(H,45,49)/t26-,29+,30+,31+/m1/s1. The number of rotatable bonds is 13. The Hall–Kier alpha value is -5.52. The fourth-order valence-corrected chi connectivity index (χ4v) is 7.54. The second-order valence-electron chi connectivity index (χ2n) is 13.9. The van der Waals surface area contributed by atoms with E-state index in [2.05, 4.69) is 25.5 Å². The van der Waals surface area contributed by atoms with Crippen molar-refractivity contribution in [2.45, 2.75) is 55.6 Å². The van der Waals surface area contributed by atoms with Crippen LogP contribution < -0.4 is 21.7 Å². The zero-order chi connectivity index (χ0) is 40.9. The van der Waals surface area contributed by atoms with Gasteiger partial charge in [-0.1, -0.05) is 60.7 Å². The highest BCUT2D eigenvalue weighted by Crippen LogP contribution is 2.42. The molecule has 0 spiro atoms. The summed E-state index contributed by atoms with van der Waals surface area (Å²) in [5.41, 5.74) is 6.34. The quantitative estimate of drug-likeness (QED) is 0.0978. The molecule has 8 N–H and O–H groups in total. The van der Waals surface area contributed by atoms with Crippen molar-refractivity contribution < 1.29 is 51.8 Å². The summed E-state index contributed by atoms with van der Waals surface area (Å²) < 4.78 is 37.7. The third kappa shape index (κ3) is 9.90. The number of hydrogen-bond acceptors (Lipinski definition) is 10.